The molecule has 3 N–H and O–H groups in total. The van der Waals surface area contributed by atoms with E-state index in [1.54, 1.807) is 25.6 Å². The Morgan fingerprint density at radius 1 is 1.53 bits per heavy atom. The highest BCUT2D eigenvalue weighted by atomic mass is 32.2. The van der Waals surface area contributed by atoms with Crippen molar-refractivity contribution in [3.63, 3.8) is 0 Å². The van der Waals surface area contributed by atoms with Crippen LogP contribution in [0.3, 0.4) is 0 Å². The Morgan fingerprint density at radius 2 is 2.16 bits per heavy atom. The first kappa shape index (κ1) is 16.0. The topological polar surface area (TPSA) is 92.5 Å². The van der Waals surface area contributed by atoms with Crippen molar-refractivity contribution in [2.45, 2.75) is 44.8 Å². The van der Waals surface area contributed by atoms with Gasteiger partial charge in [0.2, 0.25) is 11.8 Å². The molecule has 0 aliphatic carbocycles. The maximum atomic E-state index is 12.0. The number of amides is 3. The highest BCUT2D eigenvalue weighted by Crippen LogP contribution is 2.16. The van der Waals surface area contributed by atoms with E-state index in [1.165, 1.54) is 4.90 Å². The zero-order chi connectivity index (χ0) is 14.6. The third-order valence-corrected chi connectivity index (χ3v) is 3.63. The van der Waals surface area contributed by atoms with Crippen LogP contribution in [0.25, 0.3) is 0 Å². The monoisotopic (exact) mass is 287 g/mol. The summed E-state index contributed by atoms with van der Waals surface area (Å²) in [5.41, 5.74) is 5.72. The number of nitrogens with two attached hydrogens (primary N) is 1. The molecule has 0 aromatic heterocycles. The Bertz CT molecular complexity index is 373. The number of rotatable bonds is 6. The molecule has 1 aliphatic heterocycles. The minimum absolute atomic E-state index is 0.0258. The van der Waals surface area contributed by atoms with Crippen LogP contribution in [-0.4, -0.2) is 52.8 Å². The lowest BCUT2D eigenvalue weighted by Crippen LogP contribution is -2.49. The standard InChI is InChI=1S/C12H21N3O3S/c1-7(2)15-10(16)6-9(12(15)18)14-11(17)8(13)4-5-19-3/h7-9H,4-6,13H2,1-3H3,(H,14,17)/t8-,9?/m0/s1. The molecular formula is C12H21N3O3S. The molecule has 1 heterocycles. The SMILES string of the molecule is CSCC[C@H](N)C(=O)NC1CC(=O)N(C(C)C)C1=O. The first-order chi connectivity index (χ1) is 8.88. The highest BCUT2D eigenvalue weighted by Gasteiger charge is 2.40. The fourth-order valence-corrected chi connectivity index (χ4v) is 2.45. The van der Waals surface area contributed by atoms with Crippen molar-refractivity contribution in [1.82, 2.24) is 10.2 Å². The van der Waals surface area contributed by atoms with Crippen LogP contribution < -0.4 is 11.1 Å². The van der Waals surface area contributed by atoms with Gasteiger partial charge < -0.3 is 11.1 Å². The first-order valence-corrected chi connectivity index (χ1v) is 7.68. The number of nitrogens with one attached hydrogen (secondary N) is 1. The van der Waals surface area contributed by atoms with E-state index in [0.717, 1.165) is 5.75 Å². The fraction of sp³-hybridized carbons (Fsp3) is 0.750. The lowest BCUT2D eigenvalue weighted by Gasteiger charge is -2.19. The van der Waals surface area contributed by atoms with Crippen LogP contribution in [0.5, 0.6) is 0 Å². The van der Waals surface area contributed by atoms with Crippen LogP contribution in [0, 0.1) is 0 Å². The molecule has 1 unspecified atom stereocenters. The highest BCUT2D eigenvalue weighted by molar-refractivity contribution is 7.98. The quantitative estimate of drug-likeness (QED) is 0.655. The number of nitrogens with zero attached hydrogens (tertiary/aromatic N) is 1. The molecule has 3 amide bonds. The summed E-state index contributed by atoms with van der Waals surface area (Å²) in [6, 6.07) is -1.58. The van der Waals surface area contributed by atoms with Crippen molar-refractivity contribution < 1.29 is 14.4 Å². The van der Waals surface area contributed by atoms with Gasteiger partial charge in [-0.2, -0.15) is 11.8 Å². The van der Waals surface area contributed by atoms with Crippen molar-refractivity contribution in [3.05, 3.63) is 0 Å². The smallest absolute Gasteiger partial charge is 0.252 e. The van der Waals surface area contributed by atoms with Crippen LogP contribution in [0.1, 0.15) is 26.7 Å². The number of hydrogen-bond acceptors (Lipinski definition) is 5. The number of carbonyl (C=O) groups excluding carboxylic acids is 3. The molecule has 0 aromatic rings. The van der Waals surface area contributed by atoms with Crippen LogP contribution in [0.4, 0.5) is 0 Å². The molecule has 0 bridgehead atoms. The molecule has 19 heavy (non-hydrogen) atoms. The van der Waals surface area contributed by atoms with Crippen molar-refractivity contribution in [2.24, 2.45) is 5.73 Å². The Labute approximate surface area is 117 Å². The molecule has 1 rings (SSSR count). The van der Waals surface area contributed by atoms with Gasteiger partial charge in [0.15, 0.2) is 0 Å². The Balaban J connectivity index is 2.57. The van der Waals surface area contributed by atoms with Gasteiger partial charge in [-0.3, -0.25) is 19.3 Å². The van der Waals surface area contributed by atoms with Crippen molar-refractivity contribution in [2.75, 3.05) is 12.0 Å². The molecule has 1 saturated heterocycles. The van der Waals surface area contributed by atoms with E-state index in [4.69, 9.17) is 5.73 Å². The van der Waals surface area contributed by atoms with E-state index in [-0.39, 0.29) is 30.2 Å². The van der Waals surface area contributed by atoms with Gasteiger partial charge in [-0.05, 0) is 32.3 Å². The lowest BCUT2D eigenvalue weighted by atomic mass is 10.2. The Kier molecular flexibility index (Phi) is 5.81. The molecule has 108 valence electrons. The lowest BCUT2D eigenvalue weighted by molar-refractivity contribution is -0.141. The number of thioether (sulfide) groups is 1. The van der Waals surface area contributed by atoms with Gasteiger partial charge in [0.05, 0.1) is 12.5 Å². The first-order valence-electron chi connectivity index (χ1n) is 6.29. The second-order valence-electron chi connectivity index (χ2n) is 4.85. The summed E-state index contributed by atoms with van der Waals surface area (Å²) in [6.07, 6.45) is 2.51. The number of carbonyl (C=O) groups is 3. The van der Waals surface area contributed by atoms with Gasteiger partial charge in [-0.15, -0.1) is 0 Å². The van der Waals surface area contributed by atoms with Crippen molar-refractivity contribution in [3.8, 4) is 0 Å². The molecule has 1 fully saturated rings. The molecule has 6 nitrogen and oxygen atoms in total. The number of hydrogen-bond donors (Lipinski definition) is 2. The third-order valence-electron chi connectivity index (χ3n) is 2.99. The Morgan fingerprint density at radius 3 is 2.63 bits per heavy atom. The van der Waals surface area contributed by atoms with Crippen molar-refractivity contribution in [1.29, 1.82) is 0 Å². The predicted octanol–water partition coefficient (Wildman–Crippen LogP) is -0.281. The predicted molar refractivity (Wildman–Crippen MR) is 74.5 cm³/mol. The van der Waals surface area contributed by atoms with Gasteiger partial charge >= 0.3 is 0 Å². The fourth-order valence-electron chi connectivity index (χ4n) is 1.96. The summed E-state index contributed by atoms with van der Waals surface area (Å²) in [6.45, 7) is 3.54. The van der Waals surface area contributed by atoms with E-state index >= 15 is 0 Å². The van der Waals surface area contributed by atoms with Gasteiger partial charge in [0.25, 0.3) is 5.91 Å². The normalized spacial score (nSPS) is 21.1. The van der Waals surface area contributed by atoms with Gasteiger partial charge in [-0.25, -0.2) is 0 Å². The average Bonchev–Trinajstić information content (AvgIpc) is 2.61. The molecular weight excluding hydrogens is 266 g/mol. The van der Waals surface area contributed by atoms with Crippen LogP contribution >= 0.6 is 11.8 Å². The van der Waals surface area contributed by atoms with E-state index in [2.05, 4.69) is 5.32 Å². The zero-order valence-electron chi connectivity index (χ0n) is 11.5. The van der Waals surface area contributed by atoms with E-state index in [1.807, 2.05) is 6.26 Å². The molecule has 0 saturated carbocycles. The van der Waals surface area contributed by atoms with Crippen LogP contribution in [0.15, 0.2) is 0 Å². The van der Waals surface area contributed by atoms with E-state index in [9.17, 15) is 14.4 Å². The second-order valence-corrected chi connectivity index (χ2v) is 5.83. The molecule has 0 aromatic carbocycles. The maximum absolute atomic E-state index is 12.0. The molecule has 0 radical (unpaired) electrons. The summed E-state index contributed by atoms with van der Waals surface area (Å²) in [5.74, 6) is -0.177. The summed E-state index contributed by atoms with van der Waals surface area (Å²) in [5, 5.41) is 2.57. The van der Waals surface area contributed by atoms with E-state index in [0.29, 0.717) is 6.42 Å². The minimum Gasteiger partial charge on any atom is -0.342 e. The second kappa shape index (κ2) is 6.91. The maximum Gasteiger partial charge on any atom is 0.252 e. The summed E-state index contributed by atoms with van der Waals surface area (Å²) in [7, 11) is 0. The molecule has 1 aliphatic rings. The van der Waals surface area contributed by atoms with Crippen LogP contribution in [-0.2, 0) is 14.4 Å². The summed E-state index contributed by atoms with van der Waals surface area (Å²) >= 11 is 1.61. The Hall–Kier alpha value is -1.08. The summed E-state index contributed by atoms with van der Waals surface area (Å²) in [4.78, 5) is 36.7. The van der Waals surface area contributed by atoms with E-state index < -0.39 is 12.1 Å². The molecule has 2 atom stereocenters. The third kappa shape index (κ3) is 3.94. The summed E-state index contributed by atoms with van der Waals surface area (Å²) < 4.78 is 0. The molecule has 7 heteroatoms. The average molecular weight is 287 g/mol. The van der Waals surface area contributed by atoms with Gasteiger partial charge in [0.1, 0.15) is 6.04 Å². The largest absolute Gasteiger partial charge is 0.342 e. The number of imide groups is 1. The van der Waals surface area contributed by atoms with Crippen molar-refractivity contribution >= 4 is 29.5 Å². The van der Waals surface area contributed by atoms with Gasteiger partial charge in [-0.1, -0.05) is 0 Å². The zero-order valence-corrected chi connectivity index (χ0v) is 12.3. The number of likely N-dealkylation sites (tertiary alicyclic amines) is 1. The minimum atomic E-state index is -0.761. The van der Waals surface area contributed by atoms with Gasteiger partial charge in [0, 0.05) is 6.04 Å². The van der Waals surface area contributed by atoms with Crippen LogP contribution in [0.2, 0.25) is 0 Å². The molecule has 0 spiro atoms.